The molecule has 0 bridgehead atoms. The minimum Gasteiger partial charge on any atom is -0.353 e. The molecule has 1 aliphatic heterocycles. The molecule has 6 rings (SSSR count). The Bertz CT molecular complexity index is 1080. The number of aromatic nitrogens is 3. The second-order valence-electron chi connectivity index (χ2n) is 8.04. The van der Waals surface area contributed by atoms with E-state index < -0.39 is 0 Å². The smallest absolute Gasteiger partial charge is 0.318 e. The number of halogens is 1. The summed E-state index contributed by atoms with van der Waals surface area (Å²) in [5.41, 5.74) is 4.35. The van der Waals surface area contributed by atoms with Gasteiger partial charge in [-0.05, 0) is 56.4 Å². The van der Waals surface area contributed by atoms with E-state index in [1.54, 1.807) is 6.07 Å². The van der Waals surface area contributed by atoms with Crippen LogP contribution in [0.3, 0.4) is 0 Å². The van der Waals surface area contributed by atoms with Crippen LogP contribution in [0.15, 0.2) is 24.3 Å². The van der Waals surface area contributed by atoms with Crippen molar-refractivity contribution in [1.82, 2.24) is 25.4 Å². The third kappa shape index (κ3) is 2.11. The van der Waals surface area contributed by atoms with E-state index >= 15 is 0 Å². The Balaban J connectivity index is 1.43. The van der Waals surface area contributed by atoms with Gasteiger partial charge in [-0.3, -0.25) is 5.10 Å². The molecule has 0 saturated heterocycles. The van der Waals surface area contributed by atoms with E-state index in [-0.39, 0.29) is 17.4 Å². The van der Waals surface area contributed by atoms with E-state index in [1.807, 2.05) is 11.0 Å². The summed E-state index contributed by atoms with van der Waals surface area (Å²) in [6.07, 6.45) is 5.18. The van der Waals surface area contributed by atoms with Gasteiger partial charge in [0.15, 0.2) is 0 Å². The molecule has 2 amide bonds. The highest BCUT2D eigenvalue weighted by Crippen LogP contribution is 2.54. The van der Waals surface area contributed by atoms with Crippen molar-refractivity contribution < 1.29 is 9.18 Å². The normalized spacial score (nSPS) is 20.1. The van der Waals surface area contributed by atoms with Crippen LogP contribution >= 0.6 is 0 Å². The van der Waals surface area contributed by atoms with Crippen molar-refractivity contribution in [3.05, 3.63) is 41.3 Å². The van der Waals surface area contributed by atoms with E-state index in [0.29, 0.717) is 12.6 Å². The molecule has 3 aromatic rings. The van der Waals surface area contributed by atoms with Crippen molar-refractivity contribution in [2.24, 2.45) is 0 Å². The Morgan fingerprint density at radius 2 is 2.15 bits per heavy atom. The molecule has 2 saturated carbocycles. The summed E-state index contributed by atoms with van der Waals surface area (Å²) in [6, 6.07) is 7.12. The number of hydrogen-bond acceptors (Lipinski definition) is 2. The van der Waals surface area contributed by atoms with Crippen molar-refractivity contribution in [3.8, 4) is 11.4 Å². The predicted molar refractivity (Wildman–Crippen MR) is 98.5 cm³/mol. The van der Waals surface area contributed by atoms with Crippen molar-refractivity contribution in [3.63, 3.8) is 0 Å². The molecular formula is C20H20FN5O. The maximum absolute atomic E-state index is 13.6. The summed E-state index contributed by atoms with van der Waals surface area (Å²) >= 11 is 0. The predicted octanol–water partition coefficient (Wildman–Crippen LogP) is 3.76. The topological polar surface area (TPSA) is 76.8 Å². The Morgan fingerprint density at radius 3 is 2.89 bits per heavy atom. The van der Waals surface area contributed by atoms with Gasteiger partial charge in [-0.1, -0.05) is 0 Å². The number of nitrogens with one attached hydrogen (secondary N) is 3. The van der Waals surface area contributed by atoms with Crippen LogP contribution in [0, 0.1) is 5.82 Å². The van der Waals surface area contributed by atoms with Crippen LogP contribution in [0.2, 0.25) is 0 Å². The molecule has 0 unspecified atom stereocenters. The van der Waals surface area contributed by atoms with E-state index in [2.05, 4.69) is 20.5 Å². The quantitative estimate of drug-likeness (QED) is 0.647. The number of aromatic amines is 2. The number of fused-ring (bicyclic) bond motifs is 3. The van der Waals surface area contributed by atoms with Gasteiger partial charge in [0, 0.05) is 22.5 Å². The first-order valence-corrected chi connectivity index (χ1v) is 9.58. The third-order valence-electron chi connectivity index (χ3n) is 6.31. The molecule has 0 atom stereocenters. The Hall–Kier alpha value is -2.83. The van der Waals surface area contributed by atoms with Crippen LogP contribution in [-0.2, 0) is 12.1 Å². The SMILES string of the molecule is O=C(NC1CC1)N1Cc2[nH]nc(-c3cc4ccc(F)cc4[nH]3)c2C12CCC2. The Labute approximate surface area is 155 Å². The number of benzene rings is 1. The molecule has 0 radical (unpaired) electrons. The van der Waals surface area contributed by atoms with Crippen LogP contribution in [0.1, 0.15) is 43.4 Å². The zero-order valence-electron chi connectivity index (χ0n) is 14.8. The molecule has 1 spiro atoms. The van der Waals surface area contributed by atoms with E-state index in [0.717, 1.165) is 65.7 Å². The fourth-order valence-electron chi connectivity index (χ4n) is 4.64. The molecule has 7 heteroatoms. The summed E-state index contributed by atoms with van der Waals surface area (Å²) in [5.74, 6) is -0.262. The van der Waals surface area contributed by atoms with Gasteiger partial charge in [0.05, 0.1) is 23.5 Å². The molecular weight excluding hydrogens is 345 g/mol. The maximum atomic E-state index is 13.6. The van der Waals surface area contributed by atoms with E-state index in [1.165, 1.54) is 12.1 Å². The standard InChI is InChI=1S/C20H20FN5O/c21-12-3-2-11-8-15(23-14(11)9-12)18-17-16(24-25-18)10-26(20(17)6-1-7-20)19(27)22-13-4-5-13/h2-3,8-9,13,23H,1,4-7,10H2,(H,22,27)(H,24,25). The van der Waals surface area contributed by atoms with Crippen molar-refractivity contribution in [2.45, 2.75) is 50.2 Å². The highest BCUT2D eigenvalue weighted by atomic mass is 19.1. The Morgan fingerprint density at radius 1 is 1.30 bits per heavy atom. The van der Waals surface area contributed by atoms with E-state index in [4.69, 9.17) is 0 Å². The molecule has 2 fully saturated rings. The monoisotopic (exact) mass is 365 g/mol. The Kier molecular flexibility index (Phi) is 2.89. The molecule has 1 aromatic carbocycles. The molecule has 138 valence electrons. The summed E-state index contributed by atoms with van der Waals surface area (Å²) in [6.45, 7) is 0.565. The number of amides is 2. The number of H-pyrrole nitrogens is 2. The van der Waals surface area contributed by atoms with Gasteiger partial charge in [0.25, 0.3) is 0 Å². The molecule has 2 aromatic heterocycles. The molecule has 3 heterocycles. The van der Waals surface area contributed by atoms with Crippen LogP contribution in [0.25, 0.3) is 22.3 Å². The molecule has 27 heavy (non-hydrogen) atoms. The van der Waals surface area contributed by atoms with Crippen LogP contribution < -0.4 is 5.32 Å². The average molecular weight is 365 g/mol. The molecule has 3 aliphatic rings. The lowest BCUT2D eigenvalue weighted by molar-refractivity contribution is 0.0556. The first-order chi connectivity index (χ1) is 13.1. The van der Waals surface area contributed by atoms with Gasteiger partial charge in [0.2, 0.25) is 0 Å². The van der Waals surface area contributed by atoms with Gasteiger partial charge in [-0.15, -0.1) is 0 Å². The lowest BCUT2D eigenvalue weighted by atomic mass is 9.71. The van der Waals surface area contributed by atoms with E-state index in [9.17, 15) is 9.18 Å². The summed E-state index contributed by atoms with van der Waals surface area (Å²) in [5, 5.41) is 11.8. The lowest BCUT2D eigenvalue weighted by Gasteiger charge is -2.46. The fraction of sp³-hybridized carbons (Fsp3) is 0.400. The number of rotatable bonds is 2. The fourth-order valence-corrected chi connectivity index (χ4v) is 4.64. The highest BCUT2D eigenvalue weighted by molar-refractivity contribution is 5.87. The second kappa shape index (κ2) is 5.12. The van der Waals surface area contributed by atoms with Crippen LogP contribution in [0.5, 0.6) is 0 Å². The first-order valence-electron chi connectivity index (χ1n) is 9.58. The van der Waals surface area contributed by atoms with Crippen LogP contribution in [-0.4, -0.2) is 32.2 Å². The molecule has 6 nitrogen and oxygen atoms in total. The molecule has 2 aliphatic carbocycles. The number of hydrogen-bond donors (Lipinski definition) is 3. The second-order valence-corrected chi connectivity index (χ2v) is 8.04. The zero-order chi connectivity index (χ0) is 18.2. The zero-order valence-corrected chi connectivity index (χ0v) is 14.8. The third-order valence-corrected chi connectivity index (χ3v) is 6.31. The average Bonchev–Trinajstić information content (AvgIpc) is 3.05. The van der Waals surface area contributed by atoms with Gasteiger partial charge in [0.1, 0.15) is 11.5 Å². The van der Waals surface area contributed by atoms with Crippen LogP contribution in [0.4, 0.5) is 9.18 Å². The van der Waals surface area contributed by atoms with Gasteiger partial charge in [-0.25, -0.2) is 9.18 Å². The van der Waals surface area contributed by atoms with Crippen molar-refractivity contribution in [1.29, 1.82) is 0 Å². The summed E-state index contributed by atoms with van der Waals surface area (Å²) in [7, 11) is 0. The number of carbonyl (C=O) groups is 1. The van der Waals surface area contributed by atoms with Gasteiger partial charge >= 0.3 is 6.03 Å². The minimum atomic E-state index is -0.265. The number of nitrogens with zero attached hydrogens (tertiary/aromatic N) is 2. The number of carbonyl (C=O) groups excluding carboxylic acids is 1. The summed E-state index contributed by atoms with van der Waals surface area (Å²) in [4.78, 5) is 18.1. The largest absolute Gasteiger partial charge is 0.353 e. The number of urea groups is 1. The maximum Gasteiger partial charge on any atom is 0.318 e. The van der Waals surface area contributed by atoms with Gasteiger partial charge < -0.3 is 15.2 Å². The first kappa shape index (κ1) is 15.2. The molecule has 3 N–H and O–H groups in total. The van der Waals surface area contributed by atoms with Crippen molar-refractivity contribution >= 4 is 16.9 Å². The van der Waals surface area contributed by atoms with Gasteiger partial charge in [-0.2, -0.15) is 5.10 Å². The highest BCUT2D eigenvalue weighted by Gasteiger charge is 2.54. The summed E-state index contributed by atoms with van der Waals surface area (Å²) < 4.78 is 13.6. The lowest BCUT2D eigenvalue weighted by Crippen LogP contribution is -2.53. The van der Waals surface area contributed by atoms with Crippen molar-refractivity contribution in [2.75, 3.05) is 0 Å². The minimum absolute atomic E-state index is 0.0338.